The highest BCUT2D eigenvalue weighted by molar-refractivity contribution is 6.30. The lowest BCUT2D eigenvalue weighted by Gasteiger charge is -2.13. The maximum absolute atomic E-state index is 10.00. The van der Waals surface area contributed by atoms with Crippen molar-refractivity contribution >= 4 is 23.2 Å². The van der Waals surface area contributed by atoms with Gasteiger partial charge < -0.3 is 10.4 Å². The first-order chi connectivity index (χ1) is 10.9. The number of anilines is 2. The lowest BCUT2D eigenvalue weighted by molar-refractivity contribution is 0.0742. The maximum Gasteiger partial charge on any atom is 0.140 e. The van der Waals surface area contributed by atoms with Crippen LogP contribution in [0.5, 0.6) is 0 Å². The second-order valence-electron chi connectivity index (χ2n) is 5.59. The van der Waals surface area contributed by atoms with Crippen LogP contribution >= 0.6 is 11.6 Å². The van der Waals surface area contributed by atoms with Crippen molar-refractivity contribution in [3.05, 3.63) is 59.8 Å². The first-order valence-corrected chi connectivity index (χ1v) is 7.42. The van der Waals surface area contributed by atoms with Crippen molar-refractivity contribution in [3.63, 3.8) is 0 Å². The maximum atomic E-state index is 10.00. The van der Waals surface area contributed by atoms with Gasteiger partial charge in [-0.2, -0.15) is 0 Å². The number of imidazole rings is 1. The van der Waals surface area contributed by atoms with E-state index in [0.717, 1.165) is 0 Å². The van der Waals surface area contributed by atoms with E-state index in [9.17, 15) is 5.11 Å². The summed E-state index contributed by atoms with van der Waals surface area (Å²) in [6.07, 6.45) is 5.00. The van der Waals surface area contributed by atoms with Crippen molar-refractivity contribution in [3.8, 4) is 5.82 Å². The van der Waals surface area contributed by atoms with Crippen molar-refractivity contribution in [2.24, 2.45) is 0 Å². The molecule has 3 heterocycles. The zero-order valence-corrected chi connectivity index (χ0v) is 13.5. The summed E-state index contributed by atoms with van der Waals surface area (Å²) in [7, 11) is 0. The van der Waals surface area contributed by atoms with Gasteiger partial charge in [-0.15, -0.1) is 0 Å². The largest absolute Gasteiger partial charge is 0.384 e. The second-order valence-corrected chi connectivity index (χ2v) is 6.03. The topological polar surface area (TPSA) is 75.9 Å². The molecule has 0 fully saturated rings. The third-order valence-corrected chi connectivity index (χ3v) is 3.42. The van der Waals surface area contributed by atoms with E-state index in [1.807, 2.05) is 18.2 Å². The Balaban J connectivity index is 1.86. The van der Waals surface area contributed by atoms with Crippen LogP contribution in [0.2, 0.25) is 5.02 Å². The van der Waals surface area contributed by atoms with Gasteiger partial charge in [-0.3, -0.25) is 4.57 Å². The summed E-state index contributed by atoms with van der Waals surface area (Å²) in [5.41, 5.74) is -0.416. The van der Waals surface area contributed by atoms with E-state index < -0.39 is 5.60 Å². The highest BCUT2D eigenvalue weighted by Crippen LogP contribution is 2.20. The van der Waals surface area contributed by atoms with Crippen LogP contribution in [0.3, 0.4) is 0 Å². The normalized spacial score (nSPS) is 11.5. The molecule has 0 radical (unpaired) electrons. The fourth-order valence-electron chi connectivity index (χ4n) is 2.01. The summed E-state index contributed by atoms with van der Waals surface area (Å²) in [5, 5.41) is 13.7. The van der Waals surface area contributed by atoms with Gasteiger partial charge in [0.05, 0.1) is 5.69 Å². The van der Waals surface area contributed by atoms with Crippen molar-refractivity contribution in [2.45, 2.75) is 19.4 Å². The molecule has 3 aromatic heterocycles. The standard InChI is InChI=1S/C16H16ClN5O/c1-16(2,23)12-9-22(10-19-12)15-5-3-4-13(21-15)20-14-8-11(17)6-7-18-14/h3-10,23H,1-2H3,(H,18,20,21). The lowest BCUT2D eigenvalue weighted by atomic mass is 10.1. The van der Waals surface area contributed by atoms with Crippen molar-refractivity contribution in [2.75, 3.05) is 5.32 Å². The van der Waals surface area contributed by atoms with Crippen LogP contribution in [0.1, 0.15) is 19.5 Å². The molecule has 0 saturated heterocycles. The number of pyridine rings is 2. The molecular formula is C16H16ClN5O. The first-order valence-electron chi connectivity index (χ1n) is 7.05. The van der Waals surface area contributed by atoms with Gasteiger partial charge in [-0.05, 0) is 38.1 Å². The monoisotopic (exact) mass is 329 g/mol. The average Bonchev–Trinajstić information content (AvgIpc) is 2.97. The van der Waals surface area contributed by atoms with Gasteiger partial charge in [-0.25, -0.2) is 15.0 Å². The van der Waals surface area contributed by atoms with Gasteiger partial charge in [0.2, 0.25) is 0 Å². The molecule has 0 spiro atoms. The van der Waals surface area contributed by atoms with E-state index in [2.05, 4.69) is 20.3 Å². The van der Waals surface area contributed by atoms with Crippen LogP contribution in [-0.4, -0.2) is 24.6 Å². The SMILES string of the molecule is CC(C)(O)c1cn(-c2cccc(Nc3cc(Cl)ccn3)n2)cn1. The Hall–Kier alpha value is -2.44. The van der Waals surface area contributed by atoms with Crippen LogP contribution in [0.4, 0.5) is 11.6 Å². The molecule has 0 aliphatic carbocycles. The summed E-state index contributed by atoms with van der Waals surface area (Å²) in [5.74, 6) is 1.93. The number of rotatable bonds is 4. The molecule has 23 heavy (non-hydrogen) atoms. The number of halogens is 1. The van der Waals surface area contributed by atoms with Gasteiger partial charge in [0.1, 0.15) is 29.4 Å². The van der Waals surface area contributed by atoms with Crippen LogP contribution in [-0.2, 0) is 5.60 Å². The molecule has 118 valence electrons. The molecule has 3 rings (SSSR count). The third kappa shape index (κ3) is 3.67. The number of nitrogens with one attached hydrogen (secondary N) is 1. The molecule has 3 aromatic rings. The molecule has 0 atom stereocenters. The number of nitrogens with zero attached hydrogens (tertiary/aromatic N) is 4. The second kappa shape index (κ2) is 5.98. The van der Waals surface area contributed by atoms with Gasteiger partial charge >= 0.3 is 0 Å². The molecule has 0 aliphatic rings. The average molecular weight is 330 g/mol. The highest BCUT2D eigenvalue weighted by atomic mass is 35.5. The Bertz CT molecular complexity index is 825. The fraction of sp³-hybridized carbons (Fsp3) is 0.188. The van der Waals surface area contributed by atoms with Crippen LogP contribution in [0.15, 0.2) is 49.1 Å². The van der Waals surface area contributed by atoms with Gasteiger partial charge in [-0.1, -0.05) is 17.7 Å². The van der Waals surface area contributed by atoms with Crippen LogP contribution < -0.4 is 5.32 Å². The molecule has 0 saturated carbocycles. The predicted molar refractivity (Wildman–Crippen MR) is 89.1 cm³/mol. The minimum atomic E-state index is -0.994. The zero-order chi connectivity index (χ0) is 16.4. The molecule has 0 amide bonds. The van der Waals surface area contributed by atoms with Crippen molar-refractivity contribution in [1.82, 2.24) is 19.5 Å². The number of hydrogen-bond acceptors (Lipinski definition) is 5. The number of hydrogen-bond donors (Lipinski definition) is 2. The summed E-state index contributed by atoms with van der Waals surface area (Å²) in [6.45, 7) is 3.38. The predicted octanol–water partition coefficient (Wildman–Crippen LogP) is 3.29. The van der Waals surface area contributed by atoms with E-state index >= 15 is 0 Å². The van der Waals surface area contributed by atoms with E-state index in [4.69, 9.17) is 11.6 Å². The molecule has 0 bridgehead atoms. The van der Waals surface area contributed by atoms with E-state index in [-0.39, 0.29) is 0 Å². The summed E-state index contributed by atoms with van der Waals surface area (Å²) in [4.78, 5) is 12.9. The lowest BCUT2D eigenvalue weighted by Crippen LogP contribution is -2.15. The van der Waals surface area contributed by atoms with Crippen molar-refractivity contribution in [1.29, 1.82) is 0 Å². The van der Waals surface area contributed by atoms with E-state index in [1.54, 1.807) is 49.3 Å². The summed E-state index contributed by atoms with van der Waals surface area (Å²) < 4.78 is 1.75. The molecule has 0 aliphatic heterocycles. The zero-order valence-electron chi connectivity index (χ0n) is 12.7. The van der Waals surface area contributed by atoms with E-state index in [1.165, 1.54) is 0 Å². The highest BCUT2D eigenvalue weighted by Gasteiger charge is 2.19. The van der Waals surface area contributed by atoms with Gasteiger partial charge in [0.25, 0.3) is 0 Å². The quantitative estimate of drug-likeness (QED) is 0.768. The Morgan fingerprint density at radius 1 is 1.17 bits per heavy atom. The van der Waals surface area contributed by atoms with Gasteiger partial charge in [0.15, 0.2) is 0 Å². The Labute approximate surface area is 138 Å². The molecule has 2 N–H and O–H groups in total. The fourth-order valence-corrected chi connectivity index (χ4v) is 2.16. The molecular weight excluding hydrogens is 314 g/mol. The van der Waals surface area contributed by atoms with Gasteiger partial charge in [0, 0.05) is 17.4 Å². The minimum absolute atomic E-state index is 0.578. The summed E-state index contributed by atoms with van der Waals surface area (Å²) >= 11 is 5.95. The van der Waals surface area contributed by atoms with Crippen molar-refractivity contribution < 1.29 is 5.11 Å². The Kier molecular flexibility index (Phi) is 4.02. The third-order valence-electron chi connectivity index (χ3n) is 3.19. The first kappa shape index (κ1) is 15.5. The minimum Gasteiger partial charge on any atom is -0.384 e. The Morgan fingerprint density at radius 3 is 2.70 bits per heavy atom. The van der Waals surface area contributed by atoms with Crippen LogP contribution in [0, 0.1) is 0 Å². The summed E-state index contributed by atoms with van der Waals surface area (Å²) in [6, 6.07) is 8.99. The van der Waals surface area contributed by atoms with Crippen LogP contribution in [0.25, 0.3) is 5.82 Å². The molecule has 0 unspecified atom stereocenters. The number of aliphatic hydroxyl groups is 1. The Morgan fingerprint density at radius 2 is 2.00 bits per heavy atom. The molecule has 6 nitrogen and oxygen atoms in total. The molecule has 0 aromatic carbocycles. The smallest absolute Gasteiger partial charge is 0.140 e. The number of aromatic nitrogens is 4. The molecule has 7 heteroatoms. The van der Waals surface area contributed by atoms with E-state index in [0.29, 0.717) is 28.2 Å².